The number of nitrogens with one attached hydrogen (secondary N) is 2. The second-order valence-corrected chi connectivity index (χ2v) is 5.68. The van der Waals surface area contributed by atoms with E-state index in [4.69, 9.17) is 0 Å². The fourth-order valence-electron chi connectivity index (χ4n) is 2.88. The average molecular weight is 277 g/mol. The highest BCUT2D eigenvalue weighted by Gasteiger charge is 2.15. The van der Waals surface area contributed by atoms with E-state index in [-0.39, 0.29) is 0 Å². The summed E-state index contributed by atoms with van der Waals surface area (Å²) in [7, 11) is 3.82. The van der Waals surface area contributed by atoms with Crippen molar-refractivity contribution in [2.24, 2.45) is 12.0 Å². The van der Waals surface area contributed by atoms with Gasteiger partial charge in [0.2, 0.25) is 0 Å². The Bertz CT molecular complexity index is 469. The number of aryl methyl sites for hydroxylation is 2. The van der Waals surface area contributed by atoms with Gasteiger partial charge in [-0.1, -0.05) is 19.3 Å². The van der Waals surface area contributed by atoms with Crippen LogP contribution in [0.3, 0.4) is 0 Å². The largest absolute Gasteiger partial charge is 0.354 e. The Hall–Kier alpha value is -1.52. The molecule has 0 spiro atoms. The number of hydrogen-bond acceptors (Lipinski definition) is 2. The quantitative estimate of drug-likeness (QED) is 0.656. The Kier molecular flexibility index (Phi) is 5.04. The third kappa shape index (κ3) is 3.52. The highest BCUT2D eigenvalue weighted by atomic mass is 15.3. The lowest BCUT2D eigenvalue weighted by Crippen LogP contribution is -2.43. The monoisotopic (exact) mass is 277 g/mol. The van der Waals surface area contributed by atoms with Crippen LogP contribution < -0.4 is 10.6 Å². The van der Waals surface area contributed by atoms with Gasteiger partial charge in [-0.2, -0.15) is 5.10 Å². The van der Waals surface area contributed by atoms with E-state index in [0.29, 0.717) is 6.04 Å². The van der Waals surface area contributed by atoms with E-state index in [1.54, 1.807) is 0 Å². The Labute approximate surface area is 121 Å². The maximum atomic E-state index is 4.45. The van der Waals surface area contributed by atoms with E-state index in [1.807, 2.05) is 18.8 Å². The standard InChI is InChI=1S/C15H27N5/c1-11-14(12(2)20(4)19-11)10-17-15(16-3)18-13-8-6-5-7-9-13/h13H,5-10H2,1-4H3,(H2,16,17,18). The van der Waals surface area contributed by atoms with Crippen LogP contribution in [0.25, 0.3) is 0 Å². The van der Waals surface area contributed by atoms with Crippen LogP contribution in [0.4, 0.5) is 0 Å². The van der Waals surface area contributed by atoms with Crippen LogP contribution in [-0.2, 0) is 13.6 Å². The fraction of sp³-hybridized carbons (Fsp3) is 0.733. The first kappa shape index (κ1) is 14.9. The van der Waals surface area contributed by atoms with Crippen LogP contribution in [-0.4, -0.2) is 28.8 Å². The summed E-state index contributed by atoms with van der Waals surface area (Å²) in [5.41, 5.74) is 3.56. The van der Waals surface area contributed by atoms with Gasteiger partial charge in [-0.3, -0.25) is 9.67 Å². The van der Waals surface area contributed by atoms with Crippen LogP contribution in [0.15, 0.2) is 4.99 Å². The maximum absolute atomic E-state index is 4.45. The molecule has 1 aromatic rings. The van der Waals surface area contributed by atoms with E-state index >= 15 is 0 Å². The third-order valence-corrected chi connectivity index (χ3v) is 4.26. The summed E-state index contributed by atoms with van der Waals surface area (Å²) in [6.45, 7) is 4.94. The zero-order valence-electron chi connectivity index (χ0n) is 13.2. The lowest BCUT2D eigenvalue weighted by atomic mass is 9.96. The molecule has 0 saturated heterocycles. The normalized spacial score (nSPS) is 17.3. The minimum absolute atomic E-state index is 0.575. The highest BCUT2D eigenvalue weighted by Crippen LogP contribution is 2.17. The van der Waals surface area contributed by atoms with Crippen molar-refractivity contribution >= 4 is 5.96 Å². The molecular weight excluding hydrogens is 250 g/mol. The first-order valence-corrected chi connectivity index (χ1v) is 7.58. The lowest BCUT2D eigenvalue weighted by molar-refractivity contribution is 0.410. The van der Waals surface area contributed by atoms with Crippen molar-refractivity contribution < 1.29 is 0 Å². The van der Waals surface area contributed by atoms with Gasteiger partial charge in [0.1, 0.15) is 0 Å². The number of aliphatic imine (C=N–C) groups is 1. The van der Waals surface area contributed by atoms with Crippen molar-refractivity contribution in [1.82, 2.24) is 20.4 Å². The average Bonchev–Trinajstić information content (AvgIpc) is 2.70. The zero-order chi connectivity index (χ0) is 14.5. The Balaban J connectivity index is 1.90. The predicted molar refractivity (Wildman–Crippen MR) is 82.9 cm³/mol. The summed E-state index contributed by atoms with van der Waals surface area (Å²) in [6.07, 6.45) is 6.54. The summed E-state index contributed by atoms with van der Waals surface area (Å²) in [6, 6.07) is 0.575. The molecule has 1 saturated carbocycles. The minimum atomic E-state index is 0.575. The summed E-state index contributed by atoms with van der Waals surface area (Å²) >= 11 is 0. The second kappa shape index (κ2) is 6.77. The summed E-state index contributed by atoms with van der Waals surface area (Å²) in [5.74, 6) is 0.902. The molecule has 1 aromatic heterocycles. The SMILES string of the molecule is CN=C(NCc1c(C)nn(C)c1C)NC1CCCCC1. The summed E-state index contributed by atoms with van der Waals surface area (Å²) in [4.78, 5) is 4.33. The number of rotatable bonds is 3. The van der Waals surface area contributed by atoms with Gasteiger partial charge in [0.05, 0.1) is 5.69 Å². The molecule has 1 fully saturated rings. The first-order valence-electron chi connectivity index (χ1n) is 7.58. The van der Waals surface area contributed by atoms with Gasteiger partial charge in [0.25, 0.3) is 0 Å². The van der Waals surface area contributed by atoms with Gasteiger partial charge in [-0.05, 0) is 26.7 Å². The van der Waals surface area contributed by atoms with Crippen molar-refractivity contribution in [2.75, 3.05) is 7.05 Å². The van der Waals surface area contributed by atoms with Crippen LogP contribution in [0.5, 0.6) is 0 Å². The Morgan fingerprint density at radius 3 is 2.55 bits per heavy atom. The maximum Gasteiger partial charge on any atom is 0.191 e. The molecule has 112 valence electrons. The van der Waals surface area contributed by atoms with Crippen molar-refractivity contribution in [3.8, 4) is 0 Å². The van der Waals surface area contributed by atoms with E-state index < -0.39 is 0 Å². The topological polar surface area (TPSA) is 54.2 Å². The molecule has 0 amide bonds. The van der Waals surface area contributed by atoms with E-state index in [0.717, 1.165) is 18.2 Å². The third-order valence-electron chi connectivity index (χ3n) is 4.26. The number of nitrogens with zero attached hydrogens (tertiary/aromatic N) is 3. The molecule has 5 nitrogen and oxygen atoms in total. The van der Waals surface area contributed by atoms with Gasteiger partial charge in [0, 0.05) is 37.9 Å². The van der Waals surface area contributed by atoms with E-state index in [9.17, 15) is 0 Å². The molecule has 2 N–H and O–H groups in total. The van der Waals surface area contributed by atoms with Crippen LogP contribution in [0, 0.1) is 13.8 Å². The Morgan fingerprint density at radius 1 is 1.30 bits per heavy atom. The molecule has 1 aliphatic rings. The molecule has 1 heterocycles. The summed E-state index contributed by atoms with van der Waals surface area (Å²) in [5, 5.41) is 11.4. The van der Waals surface area contributed by atoms with Crippen LogP contribution >= 0.6 is 0 Å². The fourth-order valence-corrected chi connectivity index (χ4v) is 2.88. The minimum Gasteiger partial charge on any atom is -0.354 e. The van der Waals surface area contributed by atoms with Gasteiger partial charge in [-0.25, -0.2) is 0 Å². The van der Waals surface area contributed by atoms with Gasteiger partial charge in [0.15, 0.2) is 5.96 Å². The van der Waals surface area contributed by atoms with Gasteiger partial charge >= 0.3 is 0 Å². The molecule has 0 unspecified atom stereocenters. The second-order valence-electron chi connectivity index (χ2n) is 5.68. The molecule has 0 atom stereocenters. The number of aromatic nitrogens is 2. The number of hydrogen-bond donors (Lipinski definition) is 2. The van der Waals surface area contributed by atoms with Crippen LogP contribution in [0.2, 0.25) is 0 Å². The van der Waals surface area contributed by atoms with Gasteiger partial charge < -0.3 is 10.6 Å². The van der Waals surface area contributed by atoms with Crippen molar-refractivity contribution in [3.05, 3.63) is 17.0 Å². The van der Waals surface area contributed by atoms with Crippen molar-refractivity contribution in [3.63, 3.8) is 0 Å². The predicted octanol–water partition coefficient (Wildman–Crippen LogP) is 2.03. The molecule has 0 aliphatic heterocycles. The molecule has 1 aliphatic carbocycles. The van der Waals surface area contributed by atoms with Gasteiger partial charge in [-0.15, -0.1) is 0 Å². The van der Waals surface area contributed by atoms with E-state index in [1.165, 1.54) is 43.4 Å². The zero-order valence-corrected chi connectivity index (χ0v) is 13.2. The first-order chi connectivity index (χ1) is 9.61. The number of guanidine groups is 1. The highest BCUT2D eigenvalue weighted by molar-refractivity contribution is 5.80. The van der Waals surface area contributed by atoms with Crippen molar-refractivity contribution in [2.45, 2.75) is 58.5 Å². The lowest BCUT2D eigenvalue weighted by Gasteiger charge is -2.24. The summed E-state index contributed by atoms with van der Waals surface area (Å²) < 4.78 is 1.93. The smallest absolute Gasteiger partial charge is 0.191 e. The Morgan fingerprint density at radius 2 is 2.00 bits per heavy atom. The molecule has 20 heavy (non-hydrogen) atoms. The molecule has 5 heteroatoms. The molecule has 0 aromatic carbocycles. The molecular formula is C15H27N5. The van der Waals surface area contributed by atoms with Crippen molar-refractivity contribution in [1.29, 1.82) is 0 Å². The van der Waals surface area contributed by atoms with E-state index in [2.05, 4.69) is 34.6 Å². The molecule has 0 radical (unpaired) electrons. The molecule has 2 rings (SSSR count). The van der Waals surface area contributed by atoms with Crippen LogP contribution in [0.1, 0.15) is 49.1 Å². The molecule has 0 bridgehead atoms.